The summed E-state index contributed by atoms with van der Waals surface area (Å²) in [5.41, 5.74) is 1.40. The average Bonchev–Trinajstić information content (AvgIpc) is 2.94. The Morgan fingerprint density at radius 2 is 2.00 bits per heavy atom. The van der Waals surface area contributed by atoms with Gasteiger partial charge in [-0.3, -0.25) is 4.90 Å². The number of hydrogen-bond donors (Lipinski definition) is 1. The molecule has 0 radical (unpaired) electrons. The Kier molecular flexibility index (Phi) is 9.15. The minimum atomic E-state index is 0. The zero-order valence-corrected chi connectivity index (χ0v) is 13.7. The van der Waals surface area contributed by atoms with Crippen LogP contribution >= 0.6 is 0 Å². The molecule has 0 saturated carbocycles. The predicted molar refractivity (Wildman–Crippen MR) is 82.2 cm³/mol. The molecule has 0 aromatic heterocycles. The van der Waals surface area contributed by atoms with Crippen molar-refractivity contribution < 1.29 is 22.0 Å². The first-order chi connectivity index (χ1) is 9.88. The first-order valence-electron chi connectivity index (χ1n) is 7.77. The van der Waals surface area contributed by atoms with Crippen molar-refractivity contribution in [1.29, 1.82) is 0 Å². The van der Waals surface area contributed by atoms with Crippen LogP contribution in [0.5, 0.6) is 0 Å². The fourth-order valence-corrected chi connectivity index (χ4v) is 2.44. The summed E-state index contributed by atoms with van der Waals surface area (Å²) in [4.78, 5) is 3.80. The topological polar surface area (TPSA) is 16.9 Å². The molecule has 0 amide bonds. The molecule has 1 unspecified atom stereocenters. The van der Waals surface area contributed by atoms with E-state index in [0.29, 0.717) is 0 Å². The lowest BCUT2D eigenvalue weighted by Gasteiger charge is -2.16. The van der Waals surface area contributed by atoms with Crippen molar-refractivity contribution in [3.8, 4) is 0 Å². The van der Waals surface area contributed by atoms with E-state index in [1.165, 1.54) is 24.9 Å². The molecule has 0 bridgehead atoms. The van der Waals surface area contributed by atoms with Crippen LogP contribution in [0.15, 0.2) is 42.7 Å². The molecule has 1 aromatic rings. The molecule has 1 N–H and O–H groups in total. The lowest BCUT2D eigenvalue weighted by atomic mass is 10.1. The van der Waals surface area contributed by atoms with Gasteiger partial charge in [-0.25, -0.2) is 0 Å². The van der Waals surface area contributed by atoms with Crippen molar-refractivity contribution in [2.75, 3.05) is 26.6 Å². The zero-order chi connectivity index (χ0) is 14.0. The van der Waals surface area contributed by atoms with Gasteiger partial charge in [0.2, 0.25) is 0 Å². The summed E-state index contributed by atoms with van der Waals surface area (Å²) in [5.74, 6) is 0. The minimum absolute atomic E-state index is 0. The Labute approximate surface area is 135 Å². The molecule has 0 spiro atoms. The van der Waals surface area contributed by atoms with Gasteiger partial charge in [0.05, 0.1) is 12.7 Å². The van der Waals surface area contributed by atoms with E-state index < -0.39 is 0 Å². The fourth-order valence-electron chi connectivity index (χ4n) is 2.44. The highest BCUT2D eigenvalue weighted by Gasteiger charge is 2.15. The number of hydrogen-bond acceptors (Lipinski definition) is 2. The Morgan fingerprint density at radius 1 is 1.19 bits per heavy atom. The summed E-state index contributed by atoms with van der Waals surface area (Å²) in [6, 6.07) is 10.6. The van der Waals surface area contributed by atoms with E-state index in [-0.39, 0.29) is 12.4 Å². The number of unbranched alkanes of at least 4 members (excludes halogenated alkanes) is 1. The first kappa shape index (κ1) is 18.0. The number of nitrogens with zero attached hydrogens (tertiary/aromatic N) is 1. The number of halogens is 1. The summed E-state index contributed by atoms with van der Waals surface area (Å²) >= 11 is 0. The van der Waals surface area contributed by atoms with E-state index in [1.54, 1.807) is 4.90 Å². The van der Waals surface area contributed by atoms with Gasteiger partial charge >= 0.3 is 0 Å². The minimum Gasteiger partial charge on any atom is -1.00 e. The van der Waals surface area contributed by atoms with Gasteiger partial charge in [0, 0.05) is 6.61 Å². The highest BCUT2D eigenvalue weighted by Crippen LogP contribution is 2.02. The molecule has 2 rings (SSSR count). The van der Waals surface area contributed by atoms with Crippen LogP contribution in [0.2, 0.25) is 0 Å². The molecule has 0 aliphatic carbocycles. The molecular formula is C17H27ClN2O. The van der Waals surface area contributed by atoms with Crippen molar-refractivity contribution in [3.63, 3.8) is 0 Å². The third-order valence-corrected chi connectivity index (χ3v) is 3.63. The van der Waals surface area contributed by atoms with Gasteiger partial charge in [-0.15, -0.1) is 0 Å². The standard InChI is InChI=1S/C17H26N2O.ClH/c1-2-3-11-18-12-13-19(15-18)16-20-14-7-10-17-8-5-4-6-9-17;/h4-6,8-9,12-13H,2-3,7,10-11,14-16H2,1H3;1H. The molecule has 0 saturated heterocycles. The largest absolute Gasteiger partial charge is 1.00 e. The molecule has 1 atom stereocenters. The Bertz CT molecular complexity index is 397. The fraction of sp³-hybridized carbons (Fsp3) is 0.529. The van der Waals surface area contributed by atoms with E-state index >= 15 is 0 Å². The van der Waals surface area contributed by atoms with Crippen molar-refractivity contribution >= 4 is 0 Å². The lowest BCUT2D eigenvalue weighted by molar-refractivity contribution is -0.849. The van der Waals surface area contributed by atoms with Gasteiger partial charge in [-0.2, -0.15) is 0 Å². The average molecular weight is 311 g/mol. The summed E-state index contributed by atoms with van der Waals surface area (Å²) in [5, 5.41) is 0. The highest BCUT2D eigenvalue weighted by molar-refractivity contribution is 5.14. The van der Waals surface area contributed by atoms with E-state index in [2.05, 4.69) is 54.6 Å². The van der Waals surface area contributed by atoms with Crippen LogP contribution in [0.3, 0.4) is 0 Å². The van der Waals surface area contributed by atoms with Crippen LogP contribution in [0.25, 0.3) is 0 Å². The van der Waals surface area contributed by atoms with Gasteiger partial charge in [0.15, 0.2) is 6.67 Å². The van der Waals surface area contributed by atoms with E-state index in [0.717, 1.165) is 32.8 Å². The normalized spacial score (nSPS) is 17.0. The number of quaternary nitrogens is 1. The summed E-state index contributed by atoms with van der Waals surface area (Å²) in [6.07, 6.45) is 9.18. The second-order valence-corrected chi connectivity index (χ2v) is 5.45. The molecule has 1 aliphatic heterocycles. The smallest absolute Gasteiger partial charge is 0.158 e. The molecule has 1 heterocycles. The number of rotatable bonds is 9. The second kappa shape index (κ2) is 10.7. The molecule has 21 heavy (non-hydrogen) atoms. The van der Waals surface area contributed by atoms with Gasteiger partial charge < -0.3 is 22.0 Å². The molecular weight excluding hydrogens is 284 g/mol. The number of ether oxygens (including phenoxy) is 1. The van der Waals surface area contributed by atoms with Crippen molar-refractivity contribution in [1.82, 2.24) is 4.90 Å². The predicted octanol–water partition coefficient (Wildman–Crippen LogP) is -0.973. The Balaban J connectivity index is 0.00000220. The molecule has 0 fully saturated rings. The van der Waals surface area contributed by atoms with Crippen LogP contribution in [0.4, 0.5) is 0 Å². The Morgan fingerprint density at radius 3 is 2.76 bits per heavy atom. The van der Waals surface area contributed by atoms with E-state index in [4.69, 9.17) is 4.74 Å². The first-order valence-corrected chi connectivity index (χ1v) is 7.77. The van der Waals surface area contributed by atoms with Crippen LogP contribution in [0.1, 0.15) is 31.7 Å². The van der Waals surface area contributed by atoms with Crippen LogP contribution in [-0.2, 0) is 11.2 Å². The second-order valence-electron chi connectivity index (χ2n) is 5.45. The quantitative estimate of drug-likeness (QED) is 0.591. The monoisotopic (exact) mass is 310 g/mol. The molecule has 118 valence electrons. The van der Waals surface area contributed by atoms with Crippen LogP contribution in [0, 0.1) is 0 Å². The van der Waals surface area contributed by atoms with Gasteiger partial charge in [0.25, 0.3) is 0 Å². The number of nitrogens with one attached hydrogen (secondary N) is 1. The van der Waals surface area contributed by atoms with Crippen LogP contribution in [-0.4, -0.2) is 31.5 Å². The van der Waals surface area contributed by atoms with Gasteiger partial charge in [-0.05, 0) is 24.8 Å². The third-order valence-electron chi connectivity index (χ3n) is 3.63. The number of benzene rings is 1. The maximum absolute atomic E-state index is 5.75. The summed E-state index contributed by atoms with van der Waals surface area (Å²) in [7, 11) is 0. The van der Waals surface area contributed by atoms with Crippen molar-refractivity contribution in [2.24, 2.45) is 0 Å². The highest BCUT2D eigenvalue weighted by atomic mass is 35.5. The van der Waals surface area contributed by atoms with Gasteiger partial charge in [-0.1, -0.05) is 43.7 Å². The maximum Gasteiger partial charge on any atom is 0.158 e. The van der Waals surface area contributed by atoms with Crippen LogP contribution < -0.4 is 17.3 Å². The summed E-state index contributed by atoms with van der Waals surface area (Å²) in [6.45, 7) is 6.09. The number of aryl methyl sites for hydroxylation is 1. The van der Waals surface area contributed by atoms with Crippen molar-refractivity contribution in [2.45, 2.75) is 32.6 Å². The van der Waals surface area contributed by atoms with E-state index in [9.17, 15) is 0 Å². The van der Waals surface area contributed by atoms with Gasteiger partial charge in [0.1, 0.15) is 12.9 Å². The third kappa shape index (κ3) is 6.98. The SMILES string of the molecule is CCCC[NH+]1C=CN(COCCCc2ccccc2)C1.[Cl-]. The Hall–Kier alpha value is -1.03. The molecule has 1 aliphatic rings. The lowest BCUT2D eigenvalue weighted by Crippen LogP contribution is -3.07. The molecule has 3 nitrogen and oxygen atoms in total. The zero-order valence-electron chi connectivity index (χ0n) is 12.9. The maximum atomic E-state index is 5.75. The summed E-state index contributed by atoms with van der Waals surface area (Å²) < 4.78 is 5.75. The van der Waals surface area contributed by atoms with E-state index in [1.807, 2.05) is 0 Å². The molecule has 1 aromatic carbocycles. The molecule has 4 heteroatoms. The van der Waals surface area contributed by atoms with Crippen molar-refractivity contribution in [3.05, 3.63) is 48.3 Å².